The van der Waals surface area contributed by atoms with Crippen LogP contribution in [0.1, 0.15) is 32.1 Å². The summed E-state index contributed by atoms with van der Waals surface area (Å²) in [6, 6.07) is 0.581. The summed E-state index contributed by atoms with van der Waals surface area (Å²) >= 11 is 0. The molecule has 2 rings (SSSR count). The van der Waals surface area contributed by atoms with Crippen LogP contribution in [0.15, 0.2) is 41.3 Å². The molecule has 7 nitrogen and oxygen atoms in total. The third-order valence-corrected chi connectivity index (χ3v) is 4.29. The Morgan fingerprint density at radius 1 is 1.42 bits per heavy atom. The van der Waals surface area contributed by atoms with Gasteiger partial charge >= 0.3 is 0 Å². The first-order valence-electron chi connectivity index (χ1n) is 8.37. The van der Waals surface area contributed by atoms with Gasteiger partial charge in [0.05, 0.1) is 0 Å². The lowest BCUT2D eigenvalue weighted by Crippen LogP contribution is -2.41. The second-order valence-electron chi connectivity index (χ2n) is 6.16. The molecule has 0 unspecified atom stereocenters. The summed E-state index contributed by atoms with van der Waals surface area (Å²) in [5.41, 5.74) is 12.2. The first-order chi connectivity index (χ1) is 11.5. The highest BCUT2D eigenvalue weighted by Crippen LogP contribution is 2.19. The van der Waals surface area contributed by atoms with Crippen LogP contribution in [-0.2, 0) is 4.79 Å². The summed E-state index contributed by atoms with van der Waals surface area (Å²) in [7, 11) is 0. The maximum atomic E-state index is 12.1. The first kappa shape index (κ1) is 18.2. The van der Waals surface area contributed by atoms with Gasteiger partial charge < -0.3 is 21.9 Å². The summed E-state index contributed by atoms with van der Waals surface area (Å²) in [5.74, 6) is 0.787. The number of hydrogen-bond donors (Lipinski definition) is 4. The molecule has 24 heavy (non-hydrogen) atoms. The molecule has 6 N–H and O–H groups in total. The number of aliphatic hydroxyl groups is 1. The number of carbonyl (C=O) groups excluding carboxylic acids is 1. The van der Waals surface area contributed by atoms with Crippen molar-refractivity contribution in [2.75, 3.05) is 13.2 Å². The molecule has 1 aliphatic carbocycles. The van der Waals surface area contributed by atoms with Crippen molar-refractivity contribution in [3.63, 3.8) is 0 Å². The fraction of sp³-hybridized carbons (Fsp3) is 0.529. The van der Waals surface area contributed by atoms with Crippen molar-refractivity contribution in [2.45, 2.75) is 44.2 Å². The van der Waals surface area contributed by atoms with Gasteiger partial charge in [-0.05, 0) is 38.2 Å². The highest BCUT2D eigenvalue weighted by molar-refractivity contribution is 6.15. The van der Waals surface area contributed by atoms with Crippen LogP contribution in [0.25, 0.3) is 0 Å². The number of nitrogens with zero attached hydrogens (tertiary/aromatic N) is 2. The van der Waals surface area contributed by atoms with Gasteiger partial charge in [-0.15, -0.1) is 0 Å². The maximum Gasteiger partial charge on any atom is 0.252 e. The minimum absolute atomic E-state index is 0.00394. The van der Waals surface area contributed by atoms with Gasteiger partial charge in [-0.2, -0.15) is 0 Å². The van der Waals surface area contributed by atoms with Gasteiger partial charge in [-0.1, -0.05) is 6.58 Å². The topological polar surface area (TPSA) is 117 Å². The number of nitrogens with two attached hydrogens (primary N) is 2. The van der Waals surface area contributed by atoms with E-state index in [2.05, 4.69) is 16.9 Å². The highest BCUT2D eigenvalue weighted by Gasteiger charge is 2.24. The molecule has 0 aromatic rings. The molecule has 1 aliphatic heterocycles. The molecule has 0 radical (unpaired) electrons. The lowest BCUT2D eigenvalue weighted by molar-refractivity contribution is -0.122. The fourth-order valence-corrected chi connectivity index (χ4v) is 2.94. The van der Waals surface area contributed by atoms with Gasteiger partial charge in [-0.3, -0.25) is 9.69 Å². The van der Waals surface area contributed by atoms with Gasteiger partial charge in [0.2, 0.25) is 0 Å². The second kappa shape index (κ2) is 8.65. The molecular weight excluding hydrogens is 306 g/mol. The van der Waals surface area contributed by atoms with Crippen LogP contribution in [0.4, 0.5) is 0 Å². The molecular formula is C17H27N5O2. The predicted molar refractivity (Wildman–Crippen MR) is 94.8 cm³/mol. The minimum atomic E-state index is -0.177. The van der Waals surface area contributed by atoms with Crippen LogP contribution in [0.3, 0.4) is 0 Å². The first-order valence-corrected chi connectivity index (χ1v) is 8.37. The van der Waals surface area contributed by atoms with Crippen molar-refractivity contribution < 1.29 is 9.90 Å². The molecule has 0 bridgehead atoms. The minimum Gasteiger partial charge on any atom is -0.404 e. The van der Waals surface area contributed by atoms with Gasteiger partial charge in [0.25, 0.3) is 5.91 Å². The predicted octanol–water partition coefficient (Wildman–Crippen LogP) is 0.339. The molecule has 1 fully saturated rings. The molecule has 1 amide bonds. The van der Waals surface area contributed by atoms with Gasteiger partial charge in [-0.25, -0.2) is 4.99 Å². The normalized spacial score (nSPS) is 27.8. The molecule has 0 aromatic heterocycles. The molecule has 0 spiro atoms. The zero-order valence-electron chi connectivity index (χ0n) is 13.9. The largest absolute Gasteiger partial charge is 0.404 e. The maximum absolute atomic E-state index is 12.1. The second-order valence-corrected chi connectivity index (χ2v) is 6.16. The summed E-state index contributed by atoms with van der Waals surface area (Å²) in [6.45, 7) is 4.34. The molecule has 7 heteroatoms. The SMILES string of the molecule is C=C(/N=C1\C(=C/N)C=CC(=O)N1CCCO)N[C@H]1CC[C@H](N)CC1. The lowest BCUT2D eigenvalue weighted by Gasteiger charge is -2.29. The molecule has 0 saturated heterocycles. The number of aliphatic imine (C=N–C) groups is 1. The van der Waals surface area contributed by atoms with Crippen LogP contribution < -0.4 is 16.8 Å². The third-order valence-electron chi connectivity index (χ3n) is 4.29. The molecule has 0 aromatic carbocycles. The number of amides is 1. The van der Waals surface area contributed by atoms with Gasteiger partial charge in [0.1, 0.15) is 11.7 Å². The Bertz CT molecular complexity index is 559. The lowest BCUT2D eigenvalue weighted by atomic mass is 9.92. The molecule has 0 atom stereocenters. The smallest absolute Gasteiger partial charge is 0.252 e. The summed E-state index contributed by atoms with van der Waals surface area (Å²) in [5, 5.41) is 12.3. The molecule has 1 heterocycles. The number of rotatable bonds is 6. The van der Waals surface area contributed by atoms with E-state index in [1.165, 1.54) is 17.2 Å². The number of hydrogen-bond acceptors (Lipinski definition) is 6. The van der Waals surface area contributed by atoms with Gasteiger partial charge in [0.15, 0.2) is 0 Å². The Morgan fingerprint density at radius 2 is 2.12 bits per heavy atom. The Hall–Kier alpha value is -2.12. The Balaban J connectivity index is 2.11. The van der Waals surface area contributed by atoms with Crippen molar-refractivity contribution in [3.05, 3.63) is 36.3 Å². The number of carbonyl (C=O) groups is 1. The quantitative estimate of drug-likeness (QED) is 0.559. The highest BCUT2D eigenvalue weighted by atomic mass is 16.3. The van der Waals surface area contributed by atoms with Gasteiger partial charge in [0, 0.05) is 43.1 Å². The van der Waals surface area contributed by atoms with Crippen molar-refractivity contribution in [1.82, 2.24) is 10.2 Å². The number of aliphatic hydroxyl groups excluding tert-OH is 1. The van der Waals surface area contributed by atoms with E-state index in [0.717, 1.165) is 25.7 Å². The van der Waals surface area contributed by atoms with Crippen LogP contribution in [0.2, 0.25) is 0 Å². The zero-order chi connectivity index (χ0) is 17.5. The van der Waals surface area contributed by atoms with E-state index >= 15 is 0 Å². The zero-order valence-corrected chi connectivity index (χ0v) is 13.9. The Morgan fingerprint density at radius 3 is 2.75 bits per heavy atom. The van der Waals surface area contributed by atoms with E-state index < -0.39 is 0 Å². The third kappa shape index (κ3) is 4.69. The van der Waals surface area contributed by atoms with Crippen molar-refractivity contribution >= 4 is 11.7 Å². The average molecular weight is 333 g/mol. The Kier molecular flexibility index (Phi) is 6.57. The summed E-state index contributed by atoms with van der Waals surface area (Å²) < 4.78 is 0. The number of nitrogens with one attached hydrogen (secondary N) is 1. The standard InChI is InChI=1S/C17H27N5O2/c1-12(20-15-6-4-14(19)5-7-15)21-17-13(11-18)3-8-16(24)22(17)9-2-10-23/h3,8,11,14-15,20,23H,1-2,4-7,9-10,18-19H2/b13-11-,21-17+/t14-,15-. The van der Waals surface area contributed by atoms with Crippen LogP contribution in [0.5, 0.6) is 0 Å². The summed E-state index contributed by atoms with van der Waals surface area (Å²) in [6.07, 6.45) is 8.92. The van der Waals surface area contributed by atoms with E-state index in [4.69, 9.17) is 16.6 Å². The van der Waals surface area contributed by atoms with E-state index in [1.807, 2.05) is 0 Å². The van der Waals surface area contributed by atoms with Crippen molar-refractivity contribution in [3.8, 4) is 0 Å². The average Bonchev–Trinajstić information content (AvgIpc) is 2.57. The van der Waals surface area contributed by atoms with Crippen molar-refractivity contribution in [1.29, 1.82) is 0 Å². The molecule has 132 valence electrons. The van der Waals surface area contributed by atoms with Crippen LogP contribution in [0, 0.1) is 0 Å². The fourth-order valence-electron chi connectivity index (χ4n) is 2.94. The van der Waals surface area contributed by atoms with Crippen LogP contribution >= 0.6 is 0 Å². The monoisotopic (exact) mass is 333 g/mol. The molecule has 1 saturated carbocycles. The van der Waals surface area contributed by atoms with Crippen LogP contribution in [-0.4, -0.2) is 47.0 Å². The van der Waals surface area contributed by atoms with Crippen molar-refractivity contribution in [2.24, 2.45) is 16.5 Å². The van der Waals surface area contributed by atoms with E-state index in [9.17, 15) is 4.79 Å². The molecule has 2 aliphatic rings. The van der Waals surface area contributed by atoms with E-state index in [0.29, 0.717) is 36.2 Å². The van der Waals surface area contributed by atoms with E-state index in [-0.39, 0.29) is 18.6 Å². The van der Waals surface area contributed by atoms with E-state index in [1.54, 1.807) is 6.08 Å². The Labute approximate surface area is 142 Å². The number of amidine groups is 1. The summed E-state index contributed by atoms with van der Waals surface area (Å²) in [4.78, 5) is 18.1.